The van der Waals surface area contributed by atoms with Crippen molar-refractivity contribution in [3.05, 3.63) is 23.3 Å². The molecule has 0 spiro atoms. The van der Waals surface area contributed by atoms with E-state index in [1.165, 1.54) is 12.1 Å². The summed E-state index contributed by atoms with van der Waals surface area (Å²) in [5.74, 6) is -1.14. The molecule has 0 aliphatic carbocycles. The molecule has 0 aliphatic rings. The minimum atomic E-state index is -0.572. The number of hydrogen-bond donors (Lipinski definition) is 2. The highest BCUT2D eigenvalue weighted by molar-refractivity contribution is 6.04. The molecule has 1 aromatic rings. The van der Waals surface area contributed by atoms with Crippen LogP contribution in [0.5, 0.6) is 0 Å². The molecule has 6 heteroatoms. The lowest BCUT2D eigenvalue weighted by Gasteiger charge is -2.11. The van der Waals surface area contributed by atoms with Gasteiger partial charge in [0.05, 0.1) is 35.7 Å². The van der Waals surface area contributed by atoms with E-state index < -0.39 is 11.9 Å². The second kappa shape index (κ2) is 5.90. The van der Waals surface area contributed by atoms with Gasteiger partial charge in [0.2, 0.25) is 0 Å². The van der Waals surface area contributed by atoms with Crippen LogP contribution < -0.4 is 11.5 Å². The SMILES string of the molecule is CCOC(=O)c1ccc(C(=O)OCC)c(N)c1N. The number of rotatable bonds is 4. The lowest BCUT2D eigenvalue weighted by atomic mass is 10.1. The first-order valence-corrected chi connectivity index (χ1v) is 5.55. The van der Waals surface area contributed by atoms with Crippen molar-refractivity contribution in [2.24, 2.45) is 0 Å². The number of esters is 2. The number of ether oxygens (including phenoxy) is 2. The Bertz CT molecular complexity index is 428. The molecule has 0 saturated carbocycles. The van der Waals surface area contributed by atoms with Gasteiger partial charge in [-0.3, -0.25) is 0 Å². The van der Waals surface area contributed by atoms with Crippen molar-refractivity contribution in [2.45, 2.75) is 13.8 Å². The average Bonchev–Trinajstić information content (AvgIpc) is 2.33. The van der Waals surface area contributed by atoms with Crippen LogP contribution in [0, 0.1) is 0 Å². The summed E-state index contributed by atoms with van der Waals surface area (Å²) in [5.41, 5.74) is 11.8. The summed E-state index contributed by atoms with van der Waals surface area (Å²) in [6.45, 7) is 3.84. The average molecular weight is 252 g/mol. The zero-order chi connectivity index (χ0) is 13.7. The fraction of sp³-hybridized carbons (Fsp3) is 0.333. The first kappa shape index (κ1) is 13.8. The standard InChI is InChI=1S/C12H16N2O4/c1-3-17-11(15)7-5-6-8(10(14)9(7)13)12(16)18-4-2/h5-6H,3-4,13-14H2,1-2H3. The fourth-order valence-corrected chi connectivity index (χ4v) is 1.41. The summed E-state index contributed by atoms with van der Waals surface area (Å²) in [6, 6.07) is 2.80. The molecule has 0 amide bonds. The first-order valence-electron chi connectivity index (χ1n) is 5.55. The quantitative estimate of drug-likeness (QED) is 0.616. The largest absolute Gasteiger partial charge is 0.462 e. The van der Waals surface area contributed by atoms with Crippen molar-refractivity contribution in [3.8, 4) is 0 Å². The highest BCUT2D eigenvalue weighted by Gasteiger charge is 2.19. The topological polar surface area (TPSA) is 105 Å². The van der Waals surface area contributed by atoms with E-state index in [0.717, 1.165) is 0 Å². The van der Waals surface area contributed by atoms with Gasteiger partial charge >= 0.3 is 11.9 Å². The summed E-state index contributed by atoms with van der Waals surface area (Å²) in [4.78, 5) is 23.1. The molecule has 0 unspecified atom stereocenters. The Morgan fingerprint density at radius 3 is 1.56 bits per heavy atom. The lowest BCUT2D eigenvalue weighted by molar-refractivity contribution is 0.0513. The van der Waals surface area contributed by atoms with Crippen LogP contribution in [0.1, 0.15) is 34.6 Å². The monoisotopic (exact) mass is 252 g/mol. The van der Waals surface area contributed by atoms with E-state index in [9.17, 15) is 9.59 Å². The Kier molecular flexibility index (Phi) is 4.53. The third-order valence-corrected chi connectivity index (χ3v) is 2.28. The third-order valence-electron chi connectivity index (χ3n) is 2.28. The number of anilines is 2. The highest BCUT2D eigenvalue weighted by atomic mass is 16.5. The Labute approximate surface area is 105 Å². The van der Waals surface area contributed by atoms with Gasteiger partial charge in [-0.2, -0.15) is 0 Å². The molecule has 0 heterocycles. The molecule has 0 atom stereocenters. The zero-order valence-corrected chi connectivity index (χ0v) is 10.4. The maximum absolute atomic E-state index is 11.6. The van der Waals surface area contributed by atoms with E-state index in [0.29, 0.717) is 0 Å². The summed E-state index contributed by atoms with van der Waals surface area (Å²) in [6.07, 6.45) is 0. The molecule has 0 bridgehead atoms. The smallest absolute Gasteiger partial charge is 0.340 e. The van der Waals surface area contributed by atoms with Crippen molar-refractivity contribution < 1.29 is 19.1 Å². The van der Waals surface area contributed by atoms with Gasteiger partial charge in [0.25, 0.3) is 0 Å². The Morgan fingerprint density at radius 1 is 0.944 bits per heavy atom. The van der Waals surface area contributed by atoms with Crippen LogP contribution in [0.4, 0.5) is 11.4 Å². The van der Waals surface area contributed by atoms with Crippen LogP contribution in [0.2, 0.25) is 0 Å². The number of carbonyl (C=O) groups is 2. The maximum Gasteiger partial charge on any atom is 0.340 e. The fourth-order valence-electron chi connectivity index (χ4n) is 1.41. The van der Waals surface area contributed by atoms with Crippen LogP contribution in [0.25, 0.3) is 0 Å². The second-order valence-electron chi connectivity index (χ2n) is 3.43. The van der Waals surface area contributed by atoms with Crippen molar-refractivity contribution in [1.29, 1.82) is 0 Å². The molecule has 18 heavy (non-hydrogen) atoms. The molecular formula is C12H16N2O4. The number of nitrogens with two attached hydrogens (primary N) is 2. The van der Waals surface area contributed by atoms with E-state index in [4.69, 9.17) is 20.9 Å². The van der Waals surface area contributed by atoms with Gasteiger partial charge in [-0.05, 0) is 26.0 Å². The Hall–Kier alpha value is -2.24. The van der Waals surface area contributed by atoms with E-state index in [-0.39, 0.29) is 35.7 Å². The van der Waals surface area contributed by atoms with Crippen LogP contribution in [-0.4, -0.2) is 25.2 Å². The van der Waals surface area contributed by atoms with Crippen molar-refractivity contribution in [1.82, 2.24) is 0 Å². The molecule has 0 aliphatic heterocycles. The molecule has 0 radical (unpaired) electrons. The minimum absolute atomic E-state index is 0.0269. The van der Waals surface area contributed by atoms with Crippen molar-refractivity contribution in [3.63, 3.8) is 0 Å². The molecule has 4 N–H and O–H groups in total. The predicted molar refractivity (Wildman–Crippen MR) is 67.2 cm³/mol. The number of nitrogen functional groups attached to an aromatic ring is 2. The number of benzene rings is 1. The van der Waals surface area contributed by atoms with Gasteiger partial charge in [0.1, 0.15) is 0 Å². The van der Waals surface area contributed by atoms with Gasteiger partial charge in [-0.25, -0.2) is 9.59 Å². The summed E-state index contributed by atoms with van der Waals surface area (Å²) >= 11 is 0. The molecular weight excluding hydrogens is 236 g/mol. The maximum atomic E-state index is 11.6. The van der Waals surface area contributed by atoms with Crippen LogP contribution in [0.3, 0.4) is 0 Å². The van der Waals surface area contributed by atoms with Gasteiger partial charge in [-0.1, -0.05) is 0 Å². The minimum Gasteiger partial charge on any atom is -0.462 e. The molecule has 1 rings (SSSR count). The predicted octanol–water partition coefficient (Wildman–Crippen LogP) is 1.20. The van der Waals surface area contributed by atoms with Crippen LogP contribution in [0.15, 0.2) is 12.1 Å². The second-order valence-corrected chi connectivity index (χ2v) is 3.43. The summed E-state index contributed by atoms with van der Waals surface area (Å²) in [7, 11) is 0. The molecule has 0 aromatic heterocycles. The van der Waals surface area contributed by atoms with Crippen LogP contribution >= 0.6 is 0 Å². The first-order chi connectivity index (χ1) is 8.52. The lowest BCUT2D eigenvalue weighted by Crippen LogP contribution is -2.14. The zero-order valence-electron chi connectivity index (χ0n) is 10.4. The molecule has 0 fully saturated rings. The summed E-state index contributed by atoms with van der Waals surface area (Å²) < 4.78 is 9.64. The van der Waals surface area contributed by atoms with Crippen molar-refractivity contribution >= 4 is 23.3 Å². The highest BCUT2D eigenvalue weighted by Crippen LogP contribution is 2.25. The van der Waals surface area contributed by atoms with Gasteiger partial charge in [0, 0.05) is 0 Å². The van der Waals surface area contributed by atoms with Gasteiger partial charge in [-0.15, -0.1) is 0 Å². The number of carbonyl (C=O) groups excluding carboxylic acids is 2. The van der Waals surface area contributed by atoms with Gasteiger partial charge < -0.3 is 20.9 Å². The van der Waals surface area contributed by atoms with E-state index >= 15 is 0 Å². The van der Waals surface area contributed by atoms with E-state index in [2.05, 4.69) is 0 Å². The Balaban J connectivity index is 3.12. The molecule has 98 valence electrons. The molecule has 0 saturated heterocycles. The third kappa shape index (κ3) is 2.71. The summed E-state index contributed by atoms with van der Waals surface area (Å²) in [5, 5.41) is 0. The molecule has 6 nitrogen and oxygen atoms in total. The van der Waals surface area contributed by atoms with Crippen molar-refractivity contribution in [2.75, 3.05) is 24.7 Å². The molecule has 1 aromatic carbocycles. The van der Waals surface area contributed by atoms with E-state index in [1.807, 2.05) is 0 Å². The normalized spacial score (nSPS) is 9.89. The van der Waals surface area contributed by atoms with Crippen LogP contribution in [-0.2, 0) is 9.47 Å². The Morgan fingerprint density at radius 2 is 1.28 bits per heavy atom. The van der Waals surface area contributed by atoms with E-state index in [1.54, 1.807) is 13.8 Å². The number of hydrogen-bond acceptors (Lipinski definition) is 6. The van der Waals surface area contributed by atoms with Gasteiger partial charge in [0.15, 0.2) is 0 Å².